The zero-order chi connectivity index (χ0) is 12.1. The van der Waals surface area contributed by atoms with Crippen molar-refractivity contribution in [2.45, 2.75) is 13.5 Å². The molecule has 1 N–H and O–H groups in total. The number of hydrogen-bond donors (Lipinski definition) is 1. The number of aromatic nitrogens is 1. The summed E-state index contributed by atoms with van der Waals surface area (Å²) in [6.07, 6.45) is 3.22. The Labute approximate surface area is 101 Å². The number of nitrogens with zero attached hydrogens (tertiary/aromatic N) is 1. The second kappa shape index (κ2) is 5.25. The van der Waals surface area contributed by atoms with Crippen LogP contribution in [0.25, 0.3) is 0 Å². The van der Waals surface area contributed by atoms with Crippen LogP contribution >= 0.6 is 0 Å². The summed E-state index contributed by atoms with van der Waals surface area (Å²) in [6.45, 7) is 2.58. The highest BCUT2D eigenvalue weighted by Crippen LogP contribution is 2.03. The van der Waals surface area contributed by atoms with Crippen molar-refractivity contribution in [1.29, 1.82) is 0 Å². The standard InChI is InChI=1S/C14H14N2O/c1-11-2-4-12(5-3-11)10-16-14(17)13-6-8-15-9-7-13/h2-9H,10H2,1H3,(H,16,17). The van der Waals surface area contributed by atoms with Crippen LogP contribution in [0.5, 0.6) is 0 Å². The molecule has 0 fully saturated rings. The molecule has 0 bridgehead atoms. The van der Waals surface area contributed by atoms with E-state index in [2.05, 4.69) is 10.3 Å². The molecular formula is C14H14N2O. The average molecular weight is 226 g/mol. The first-order valence-electron chi connectivity index (χ1n) is 5.49. The van der Waals surface area contributed by atoms with Crippen molar-refractivity contribution in [3.05, 3.63) is 65.5 Å². The molecule has 3 heteroatoms. The van der Waals surface area contributed by atoms with Gasteiger partial charge in [-0.2, -0.15) is 0 Å². The Bertz CT molecular complexity index is 491. The third-order valence-electron chi connectivity index (χ3n) is 2.52. The average Bonchev–Trinajstić information content (AvgIpc) is 2.39. The first-order valence-corrected chi connectivity index (χ1v) is 5.49. The highest BCUT2D eigenvalue weighted by atomic mass is 16.1. The second-order valence-corrected chi connectivity index (χ2v) is 3.90. The molecule has 0 radical (unpaired) electrons. The van der Waals surface area contributed by atoms with Crippen molar-refractivity contribution >= 4 is 5.91 Å². The molecule has 0 saturated carbocycles. The number of benzene rings is 1. The van der Waals surface area contributed by atoms with Crippen LogP contribution in [-0.4, -0.2) is 10.9 Å². The quantitative estimate of drug-likeness (QED) is 0.872. The van der Waals surface area contributed by atoms with Crippen molar-refractivity contribution in [3.8, 4) is 0 Å². The predicted molar refractivity (Wildman–Crippen MR) is 66.6 cm³/mol. The van der Waals surface area contributed by atoms with Gasteiger partial charge in [-0.05, 0) is 24.6 Å². The van der Waals surface area contributed by atoms with Gasteiger partial charge in [-0.3, -0.25) is 9.78 Å². The van der Waals surface area contributed by atoms with Crippen molar-refractivity contribution in [2.75, 3.05) is 0 Å². The first-order chi connectivity index (χ1) is 8.25. The number of amides is 1. The summed E-state index contributed by atoms with van der Waals surface area (Å²) >= 11 is 0. The molecule has 0 unspecified atom stereocenters. The molecule has 0 aliphatic carbocycles. The van der Waals surface area contributed by atoms with Crippen molar-refractivity contribution in [3.63, 3.8) is 0 Å². The Morgan fingerprint density at radius 1 is 1.12 bits per heavy atom. The molecule has 1 aromatic carbocycles. The fourth-order valence-corrected chi connectivity index (χ4v) is 1.49. The minimum absolute atomic E-state index is 0.0759. The van der Waals surface area contributed by atoms with Gasteiger partial charge >= 0.3 is 0 Å². The van der Waals surface area contributed by atoms with E-state index in [0.717, 1.165) is 5.56 Å². The number of carbonyl (C=O) groups is 1. The van der Waals surface area contributed by atoms with Gasteiger partial charge in [0.25, 0.3) is 5.91 Å². The third-order valence-corrected chi connectivity index (χ3v) is 2.52. The smallest absolute Gasteiger partial charge is 0.251 e. The number of carbonyl (C=O) groups excluding carboxylic acids is 1. The van der Waals surface area contributed by atoms with E-state index in [4.69, 9.17) is 0 Å². The summed E-state index contributed by atoms with van der Waals surface area (Å²) < 4.78 is 0. The fraction of sp³-hybridized carbons (Fsp3) is 0.143. The number of nitrogens with one attached hydrogen (secondary N) is 1. The summed E-state index contributed by atoms with van der Waals surface area (Å²) in [5, 5.41) is 2.87. The van der Waals surface area contributed by atoms with Crippen LogP contribution < -0.4 is 5.32 Å². The van der Waals surface area contributed by atoms with Gasteiger partial charge in [0, 0.05) is 24.5 Å². The third kappa shape index (κ3) is 3.14. The number of rotatable bonds is 3. The molecule has 0 saturated heterocycles. The maximum Gasteiger partial charge on any atom is 0.251 e. The normalized spacial score (nSPS) is 9.94. The van der Waals surface area contributed by atoms with Gasteiger partial charge < -0.3 is 5.32 Å². The molecule has 1 aromatic heterocycles. The maximum atomic E-state index is 11.7. The van der Waals surface area contributed by atoms with E-state index in [0.29, 0.717) is 12.1 Å². The summed E-state index contributed by atoms with van der Waals surface area (Å²) in [5.41, 5.74) is 2.94. The van der Waals surface area contributed by atoms with Gasteiger partial charge in [0.15, 0.2) is 0 Å². The molecule has 0 aliphatic heterocycles. The number of hydrogen-bond acceptors (Lipinski definition) is 2. The van der Waals surface area contributed by atoms with Crippen LogP contribution in [0.2, 0.25) is 0 Å². The molecule has 3 nitrogen and oxygen atoms in total. The fourth-order valence-electron chi connectivity index (χ4n) is 1.49. The maximum absolute atomic E-state index is 11.7. The SMILES string of the molecule is Cc1ccc(CNC(=O)c2ccncc2)cc1. The van der Waals surface area contributed by atoms with Gasteiger partial charge in [0.05, 0.1) is 0 Å². The lowest BCUT2D eigenvalue weighted by atomic mass is 10.1. The van der Waals surface area contributed by atoms with Crippen molar-refractivity contribution in [1.82, 2.24) is 10.3 Å². The second-order valence-electron chi connectivity index (χ2n) is 3.90. The van der Waals surface area contributed by atoms with Gasteiger partial charge in [0.1, 0.15) is 0 Å². The summed E-state index contributed by atoms with van der Waals surface area (Å²) in [4.78, 5) is 15.6. The zero-order valence-corrected chi connectivity index (χ0v) is 9.68. The number of aryl methyl sites for hydroxylation is 1. The lowest BCUT2D eigenvalue weighted by Gasteiger charge is -2.05. The Kier molecular flexibility index (Phi) is 3.50. The highest BCUT2D eigenvalue weighted by Gasteiger charge is 2.03. The van der Waals surface area contributed by atoms with E-state index < -0.39 is 0 Å². The van der Waals surface area contributed by atoms with Crippen LogP contribution in [0.1, 0.15) is 21.5 Å². The van der Waals surface area contributed by atoms with Gasteiger partial charge in [-0.15, -0.1) is 0 Å². The summed E-state index contributed by atoms with van der Waals surface area (Å²) in [6, 6.07) is 11.5. The molecule has 1 heterocycles. The largest absolute Gasteiger partial charge is 0.348 e. The van der Waals surface area contributed by atoms with E-state index >= 15 is 0 Å². The van der Waals surface area contributed by atoms with Crippen LogP contribution in [0.3, 0.4) is 0 Å². The first kappa shape index (κ1) is 11.3. The molecule has 17 heavy (non-hydrogen) atoms. The Balaban J connectivity index is 1.95. The van der Waals surface area contributed by atoms with E-state index in [9.17, 15) is 4.79 Å². The van der Waals surface area contributed by atoms with Gasteiger partial charge in [-0.1, -0.05) is 29.8 Å². The lowest BCUT2D eigenvalue weighted by Crippen LogP contribution is -2.22. The summed E-state index contributed by atoms with van der Waals surface area (Å²) in [7, 11) is 0. The lowest BCUT2D eigenvalue weighted by molar-refractivity contribution is 0.0951. The molecule has 86 valence electrons. The van der Waals surface area contributed by atoms with E-state index in [1.807, 2.05) is 31.2 Å². The monoisotopic (exact) mass is 226 g/mol. The topological polar surface area (TPSA) is 42.0 Å². The molecular weight excluding hydrogens is 212 g/mol. The van der Waals surface area contributed by atoms with E-state index in [1.54, 1.807) is 24.5 Å². The van der Waals surface area contributed by atoms with Crippen LogP contribution in [0.4, 0.5) is 0 Å². The molecule has 0 atom stereocenters. The Hall–Kier alpha value is -2.16. The molecule has 2 rings (SSSR count). The van der Waals surface area contributed by atoms with Crippen molar-refractivity contribution < 1.29 is 4.79 Å². The van der Waals surface area contributed by atoms with Crippen molar-refractivity contribution in [2.24, 2.45) is 0 Å². The predicted octanol–water partition coefficient (Wildman–Crippen LogP) is 2.32. The minimum Gasteiger partial charge on any atom is -0.348 e. The molecule has 1 amide bonds. The number of pyridine rings is 1. The Morgan fingerprint density at radius 3 is 2.41 bits per heavy atom. The van der Waals surface area contributed by atoms with E-state index in [-0.39, 0.29) is 5.91 Å². The van der Waals surface area contributed by atoms with Crippen LogP contribution in [-0.2, 0) is 6.54 Å². The zero-order valence-electron chi connectivity index (χ0n) is 9.68. The minimum atomic E-state index is -0.0759. The van der Waals surface area contributed by atoms with Crippen LogP contribution in [0, 0.1) is 6.92 Å². The summed E-state index contributed by atoms with van der Waals surface area (Å²) in [5.74, 6) is -0.0759. The highest BCUT2D eigenvalue weighted by molar-refractivity contribution is 5.93. The van der Waals surface area contributed by atoms with Gasteiger partial charge in [0.2, 0.25) is 0 Å². The molecule has 0 aliphatic rings. The van der Waals surface area contributed by atoms with E-state index in [1.165, 1.54) is 5.56 Å². The molecule has 2 aromatic rings. The Morgan fingerprint density at radius 2 is 1.76 bits per heavy atom. The van der Waals surface area contributed by atoms with Crippen LogP contribution in [0.15, 0.2) is 48.8 Å². The van der Waals surface area contributed by atoms with Gasteiger partial charge in [-0.25, -0.2) is 0 Å². The molecule has 0 spiro atoms.